The normalized spacial score (nSPS) is 20.2. The van der Waals surface area contributed by atoms with Crippen molar-refractivity contribution in [2.45, 2.75) is 32.2 Å². The number of piperidine rings is 1. The predicted molar refractivity (Wildman–Crippen MR) is 121 cm³/mol. The van der Waals surface area contributed by atoms with Crippen LogP contribution in [0.2, 0.25) is 0 Å². The number of ether oxygens (including phenoxy) is 1. The number of piperazine rings is 1. The van der Waals surface area contributed by atoms with Crippen LogP contribution in [-0.4, -0.2) is 56.7 Å². The summed E-state index contributed by atoms with van der Waals surface area (Å²) in [6, 6.07) is 16.8. The largest absolute Gasteiger partial charge is 0.462 e. The Morgan fingerprint density at radius 2 is 1.83 bits per heavy atom. The molecule has 0 aliphatic carbocycles. The Bertz CT molecular complexity index is 823. The summed E-state index contributed by atoms with van der Waals surface area (Å²) >= 11 is 0. The minimum Gasteiger partial charge on any atom is -0.462 e. The molecule has 4 rings (SSSR count). The number of nitrogens with one attached hydrogen (secondary N) is 1. The van der Waals surface area contributed by atoms with Crippen molar-refractivity contribution < 1.29 is 9.53 Å². The maximum Gasteiger partial charge on any atom is 0.338 e. The van der Waals surface area contributed by atoms with Gasteiger partial charge >= 0.3 is 5.97 Å². The Kier molecular flexibility index (Phi) is 7.03. The molecule has 0 saturated carbocycles. The summed E-state index contributed by atoms with van der Waals surface area (Å²) in [5.41, 5.74) is 4.81. The summed E-state index contributed by atoms with van der Waals surface area (Å²) in [6.45, 7) is 9.64. The number of hydrogen-bond donors (Lipinski definition) is 1. The van der Waals surface area contributed by atoms with Crippen LogP contribution in [-0.2, 0) is 11.3 Å². The molecular formula is C25H33N3O2. The van der Waals surface area contributed by atoms with Gasteiger partial charge in [0.05, 0.1) is 12.2 Å². The average molecular weight is 408 g/mol. The lowest BCUT2D eigenvalue weighted by molar-refractivity contribution is 0.0526. The number of hydrogen-bond acceptors (Lipinski definition) is 5. The van der Waals surface area contributed by atoms with Gasteiger partial charge in [0.2, 0.25) is 0 Å². The molecule has 2 aliphatic rings. The number of benzene rings is 2. The third kappa shape index (κ3) is 5.02. The van der Waals surface area contributed by atoms with E-state index in [0.29, 0.717) is 18.1 Å². The van der Waals surface area contributed by atoms with Crippen LogP contribution in [0, 0.1) is 0 Å². The molecule has 0 aromatic heterocycles. The van der Waals surface area contributed by atoms with E-state index in [4.69, 9.17) is 4.74 Å². The van der Waals surface area contributed by atoms with Crippen molar-refractivity contribution in [1.82, 2.24) is 10.2 Å². The minimum atomic E-state index is -0.249. The van der Waals surface area contributed by atoms with E-state index in [1.807, 2.05) is 31.2 Å². The van der Waals surface area contributed by atoms with E-state index in [1.165, 1.54) is 29.7 Å². The summed E-state index contributed by atoms with van der Waals surface area (Å²) in [4.78, 5) is 16.8. The van der Waals surface area contributed by atoms with Crippen molar-refractivity contribution in [3.05, 3.63) is 65.2 Å². The third-order valence-corrected chi connectivity index (χ3v) is 6.30. The second-order valence-electron chi connectivity index (χ2n) is 8.27. The maximum absolute atomic E-state index is 11.8. The fraction of sp³-hybridized carbons (Fsp3) is 0.480. The molecule has 160 valence electrons. The van der Waals surface area contributed by atoms with E-state index >= 15 is 0 Å². The van der Waals surface area contributed by atoms with Crippen molar-refractivity contribution >= 4 is 11.7 Å². The van der Waals surface area contributed by atoms with Gasteiger partial charge in [-0.3, -0.25) is 4.90 Å². The highest BCUT2D eigenvalue weighted by Crippen LogP contribution is 2.27. The lowest BCUT2D eigenvalue weighted by Gasteiger charge is -2.37. The van der Waals surface area contributed by atoms with Crippen LogP contribution in [0.3, 0.4) is 0 Å². The predicted octanol–water partition coefficient (Wildman–Crippen LogP) is 3.65. The third-order valence-electron chi connectivity index (χ3n) is 6.30. The molecule has 2 heterocycles. The number of rotatable bonds is 6. The lowest BCUT2D eigenvalue weighted by atomic mass is 9.88. The van der Waals surface area contributed by atoms with Crippen LogP contribution in [0.5, 0.6) is 0 Å². The van der Waals surface area contributed by atoms with E-state index in [-0.39, 0.29) is 5.97 Å². The van der Waals surface area contributed by atoms with E-state index in [9.17, 15) is 4.79 Å². The fourth-order valence-electron chi connectivity index (χ4n) is 4.62. The molecule has 5 nitrogen and oxygen atoms in total. The molecule has 0 radical (unpaired) electrons. The zero-order valence-electron chi connectivity index (χ0n) is 18.0. The van der Waals surface area contributed by atoms with Crippen LogP contribution >= 0.6 is 0 Å². The maximum atomic E-state index is 11.8. The zero-order chi connectivity index (χ0) is 20.8. The summed E-state index contributed by atoms with van der Waals surface area (Å²) < 4.78 is 5.07. The number of anilines is 1. The molecule has 0 amide bonds. The van der Waals surface area contributed by atoms with Gasteiger partial charge in [-0.25, -0.2) is 4.79 Å². The van der Waals surface area contributed by atoms with E-state index in [2.05, 4.69) is 39.4 Å². The van der Waals surface area contributed by atoms with Gasteiger partial charge in [-0.05, 0) is 67.6 Å². The fourth-order valence-corrected chi connectivity index (χ4v) is 4.62. The lowest BCUT2D eigenvalue weighted by Crippen LogP contribution is -2.46. The van der Waals surface area contributed by atoms with Gasteiger partial charge in [0, 0.05) is 45.0 Å². The first kappa shape index (κ1) is 20.9. The molecule has 2 fully saturated rings. The second-order valence-corrected chi connectivity index (χ2v) is 8.27. The van der Waals surface area contributed by atoms with Crippen molar-refractivity contribution in [2.24, 2.45) is 0 Å². The minimum absolute atomic E-state index is 0.249. The molecule has 1 atom stereocenters. The highest BCUT2D eigenvalue weighted by molar-refractivity contribution is 5.89. The number of carbonyl (C=O) groups excluding carboxylic acids is 1. The standard InChI is InChI=1S/C25H33N3O2/c1-2-30-25(29)20-9-11-23(12-10-20)28-16-14-27(15-17-28)19-22-6-3-4-8-24(22)21-7-5-13-26-18-21/h3-4,6,8-12,21,26H,2,5,7,13-19H2,1H3. The van der Waals surface area contributed by atoms with E-state index in [0.717, 1.165) is 45.8 Å². The second kappa shape index (κ2) is 10.1. The van der Waals surface area contributed by atoms with Gasteiger partial charge in [0.1, 0.15) is 0 Å². The quantitative estimate of drug-likeness (QED) is 0.741. The highest BCUT2D eigenvalue weighted by atomic mass is 16.5. The number of carbonyl (C=O) groups is 1. The highest BCUT2D eigenvalue weighted by Gasteiger charge is 2.21. The molecular weight excluding hydrogens is 374 g/mol. The van der Waals surface area contributed by atoms with Gasteiger partial charge in [-0.1, -0.05) is 24.3 Å². The summed E-state index contributed by atoms with van der Waals surface area (Å²) in [5, 5.41) is 3.56. The molecule has 2 aromatic rings. The van der Waals surface area contributed by atoms with Gasteiger partial charge < -0.3 is 15.0 Å². The first-order valence-electron chi connectivity index (χ1n) is 11.3. The molecule has 0 spiro atoms. The molecule has 0 bridgehead atoms. The van der Waals surface area contributed by atoms with Gasteiger partial charge in [0.25, 0.3) is 0 Å². The summed E-state index contributed by atoms with van der Waals surface area (Å²) in [7, 11) is 0. The van der Waals surface area contributed by atoms with Crippen LogP contribution in [0.4, 0.5) is 5.69 Å². The molecule has 1 N–H and O–H groups in total. The van der Waals surface area contributed by atoms with Gasteiger partial charge in [-0.15, -0.1) is 0 Å². The van der Waals surface area contributed by atoms with Crippen molar-refractivity contribution in [2.75, 3.05) is 50.8 Å². The van der Waals surface area contributed by atoms with Crippen molar-refractivity contribution in [3.8, 4) is 0 Å². The zero-order valence-corrected chi connectivity index (χ0v) is 18.0. The van der Waals surface area contributed by atoms with Gasteiger partial charge in [0.15, 0.2) is 0 Å². The van der Waals surface area contributed by atoms with Crippen molar-refractivity contribution in [3.63, 3.8) is 0 Å². The Labute approximate surface area is 180 Å². The first-order chi connectivity index (χ1) is 14.7. The topological polar surface area (TPSA) is 44.8 Å². The number of esters is 1. The van der Waals surface area contributed by atoms with Gasteiger partial charge in [-0.2, -0.15) is 0 Å². The van der Waals surface area contributed by atoms with Crippen LogP contribution in [0.1, 0.15) is 47.2 Å². The molecule has 1 unspecified atom stereocenters. The number of nitrogens with zero attached hydrogens (tertiary/aromatic N) is 2. The van der Waals surface area contributed by atoms with E-state index < -0.39 is 0 Å². The van der Waals surface area contributed by atoms with Crippen LogP contribution in [0.15, 0.2) is 48.5 Å². The molecule has 2 aromatic carbocycles. The smallest absolute Gasteiger partial charge is 0.338 e. The first-order valence-corrected chi connectivity index (χ1v) is 11.3. The SMILES string of the molecule is CCOC(=O)c1ccc(N2CCN(Cc3ccccc3C3CCCNC3)CC2)cc1. The molecule has 2 aliphatic heterocycles. The molecule has 30 heavy (non-hydrogen) atoms. The van der Waals surface area contributed by atoms with Crippen LogP contribution < -0.4 is 10.2 Å². The average Bonchev–Trinajstić information content (AvgIpc) is 2.81. The summed E-state index contributed by atoms with van der Waals surface area (Å²) in [5.74, 6) is 0.398. The Hall–Kier alpha value is -2.37. The van der Waals surface area contributed by atoms with Crippen LogP contribution in [0.25, 0.3) is 0 Å². The summed E-state index contributed by atoms with van der Waals surface area (Å²) in [6.07, 6.45) is 2.56. The monoisotopic (exact) mass is 407 g/mol. The Morgan fingerprint density at radius 3 is 2.53 bits per heavy atom. The van der Waals surface area contributed by atoms with E-state index in [1.54, 1.807) is 0 Å². The molecule has 2 saturated heterocycles. The van der Waals surface area contributed by atoms with Crippen molar-refractivity contribution in [1.29, 1.82) is 0 Å². The Balaban J connectivity index is 1.34. The molecule has 5 heteroatoms. The Morgan fingerprint density at radius 1 is 1.07 bits per heavy atom.